The Morgan fingerprint density at radius 3 is 2.71 bits per heavy atom. The lowest BCUT2D eigenvalue weighted by atomic mass is 10.2. The van der Waals surface area contributed by atoms with Crippen LogP contribution < -0.4 is 0 Å². The molecule has 0 atom stereocenters. The topological polar surface area (TPSA) is 46.1 Å². The first-order valence-electron chi connectivity index (χ1n) is 6.29. The summed E-state index contributed by atoms with van der Waals surface area (Å²) in [6.07, 6.45) is 6.88. The number of nitrogens with zero attached hydrogens (tertiary/aromatic N) is 3. The molecule has 0 unspecified atom stereocenters. The maximum atomic E-state index is 12.4. The molecule has 3 heterocycles. The van der Waals surface area contributed by atoms with Crippen LogP contribution in [0.15, 0.2) is 53.8 Å². The molecular formula is C15H11N3OS2. The molecule has 0 saturated carbocycles. The van der Waals surface area contributed by atoms with Crippen LogP contribution in [0.1, 0.15) is 11.3 Å². The van der Waals surface area contributed by atoms with Crippen molar-refractivity contribution in [2.24, 2.45) is 0 Å². The van der Waals surface area contributed by atoms with E-state index in [4.69, 9.17) is 12.2 Å². The zero-order valence-corrected chi connectivity index (χ0v) is 12.6. The first-order valence-corrected chi connectivity index (χ1v) is 7.52. The van der Waals surface area contributed by atoms with Gasteiger partial charge in [-0.25, -0.2) is 0 Å². The van der Waals surface area contributed by atoms with E-state index in [1.807, 2.05) is 30.3 Å². The summed E-state index contributed by atoms with van der Waals surface area (Å²) < 4.78 is 0.569. The molecule has 0 radical (unpaired) electrons. The molecule has 2 aromatic heterocycles. The van der Waals surface area contributed by atoms with Gasteiger partial charge in [0.15, 0.2) is 0 Å². The number of carbonyl (C=O) groups is 1. The minimum absolute atomic E-state index is 0.0764. The molecule has 3 rings (SSSR count). The first kappa shape index (κ1) is 13.9. The Morgan fingerprint density at radius 2 is 2.00 bits per heavy atom. The maximum absolute atomic E-state index is 12.4. The minimum Gasteiger partial charge on any atom is -0.288 e. The van der Waals surface area contributed by atoms with E-state index in [9.17, 15) is 4.79 Å². The van der Waals surface area contributed by atoms with Gasteiger partial charge in [0.05, 0.1) is 17.1 Å². The molecule has 2 aromatic rings. The molecule has 6 heteroatoms. The zero-order chi connectivity index (χ0) is 14.7. The van der Waals surface area contributed by atoms with E-state index in [-0.39, 0.29) is 5.91 Å². The van der Waals surface area contributed by atoms with E-state index in [1.54, 1.807) is 29.6 Å². The van der Waals surface area contributed by atoms with Crippen LogP contribution in [0.4, 0.5) is 0 Å². The van der Waals surface area contributed by atoms with Crippen LogP contribution in [0.3, 0.4) is 0 Å². The van der Waals surface area contributed by atoms with Gasteiger partial charge in [0.1, 0.15) is 4.32 Å². The second-order valence-electron chi connectivity index (χ2n) is 4.38. The Kier molecular flexibility index (Phi) is 4.08. The van der Waals surface area contributed by atoms with Gasteiger partial charge in [-0.05, 0) is 35.9 Å². The molecule has 0 bridgehead atoms. The Labute approximate surface area is 131 Å². The van der Waals surface area contributed by atoms with Gasteiger partial charge in [0, 0.05) is 18.6 Å². The number of rotatable bonds is 3. The van der Waals surface area contributed by atoms with Crippen molar-refractivity contribution in [2.45, 2.75) is 6.54 Å². The van der Waals surface area contributed by atoms with Crippen LogP contribution in [0.5, 0.6) is 0 Å². The summed E-state index contributed by atoms with van der Waals surface area (Å²) in [4.78, 5) is 22.8. The number of hydrogen-bond donors (Lipinski definition) is 0. The van der Waals surface area contributed by atoms with Crippen molar-refractivity contribution in [1.29, 1.82) is 0 Å². The van der Waals surface area contributed by atoms with Crippen LogP contribution in [0.25, 0.3) is 6.08 Å². The molecule has 1 aliphatic heterocycles. The Balaban J connectivity index is 1.81. The smallest absolute Gasteiger partial charge is 0.266 e. The fourth-order valence-corrected chi connectivity index (χ4v) is 3.14. The summed E-state index contributed by atoms with van der Waals surface area (Å²) in [7, 11) is 0. The molecule has 1 fully saturated rings. The van der Waals surface area contributed by atoms with Crippen molar-refractivity contribution in [3.63, 3.8) is 0 Å². The van der Waals surface area contributed by atoms with Gasteiger partial charge < -0.3 is 0 Å². The number of carbonyl (C=O) groups excluding carboxylic acids is 1. The molecule has 1 amide bonds. The Hall–Kier alpha value is -2.05. The van der Waals surface area contributed by atoms with Gasteiger partial charge in [-0.2, -0.15) is 0 Å². The highest BCUT2D eigenvalue weighted by molar-refractivity contribution is 8.26. The highest BCUT2D eigenvalue weighted by atomic mass is 32.2. The van der Waals surface area contributed by atoms with E-state index in [2.05, 4.69) is 9.97 Å². The normalized spacial score (nSPS) is 16.8. The lowest BCUT2D eigenvalue weighted by Crippen LogP contribution is -2.27. The standard InChI is InChI=1S/C15H11N3OS2/c19-14-13(9-12-3-1-2-6-17-12)21-15(20)18(14)10-11-4-7-16-8-5-11/h1-9H,10H2/b13-9+. The van der Waals surface area contributed by atoms with Gasteiger partial charge in [0.2, 0.25) is 0 Å². The lowest BCUT2D eigenvalue weighted by Gasteiger charge is -2.13. The van der Waals surface area contributed by atoms with Gasteiger partial charge >= 0.3 is 0 Å². The van der Waals surface area contributed by atoms with Crippen LogP contribution >= 0.6 is 24.0 Å². The monoisotopic (exact) mass is 313 g/mol. The fraction of sp³-hybridized carbons (Fsp3) is 0.0667. The predicted octanol–water partition coefficient (Wildman–Crippen LogP) is 2.88. The predicted molar refractivity (Wildman–Crippen MR) is 87.2 cm³/mol. The number of hydrogen-bond acceptors (Lipinski definition) is 5. The summed E-state index contributed by atoms with van der Waals surface area (Å²) in [5.74, 6) is -0.0764. The average Bonchev–Trinajstić information content (AvgIpc) is 2.77. The molecule has 0 aliphatic carbocycles. The molecule has 0 N–H and O–H groups in total. The van der Waals surface area contributed by atoms with Crippen LogP contribution in [-0.2, 0) is 11.3 Å². The largest absolute Gasteiger partial charge is 0.288 e. The SMILES string of the molecule is O=C1/C(=C\c2ccccn2)SC(=S)N1Cc1ccncc1. The van der Waals surface area contributed by atoms with E-state index in [0.29, 0.717) is 15.8 Å². The number of thiocarbonyl (C=S) groups is 1. The van der Waals surface area contributed by atoms with Gasteiger partial charge in [-0.3, -0.25) is 19.7 Å². The second kappa shape index (κ2) is 6.15. The van der Waals surface area contributed by atoms with Crippen molar-refractivity contribution in [2.75, 3.05) is 0 Å². The Bertz CT molecular complexity index is 701. The molecule has 0 aromatic carbocycles. The third kappa shape index (κ3) is 3.17. The summed E-state index contributed by atoms with van der Waals surface area (Å²) in [6, 6.07) is 9.33. The molecule has 0 spiro atoms. The van der Waals surface area contributed by atoms with Crippen molar-refractivity contribution in [3.8, 4) is 0 Å². The first-order chi connectivity index (χ1) is 10.2. The van der Waals surface area contributed by atoms with Gasteiger partial charge in [-0.15, -0.1) is 0 Å². The van der Waals surface area contributed by atoms with Crippen molar-refractivity contribution in [3.05, 3.63) is 65.1 Å². The van der Waals surface area contributed by atoms with Gasteiger partial charge in [0.25, 0.3) is 5.91 Å². The molecule has 104 valence electrons. The summed E-state index contributed by atoms with van der Waals surface area (Å²) >= 11 is 6.61. The summed E-state index contributed by atoms with van der Waals surface area (Å²) in [5, 5.41) is 0. The third-order valence-corrected chi connectivity index (χ3v) is 4.31. The van der Waals surface area contributed by atoms with Crippen LogP contribution in [-0.4, -0.2) is 25.1 Å². The summed E-state index contributed by atoms with van der Waals surface area (Å²) in [6.45, 7) is 0.465. The minimum atomic E-state index is -0.0764. The highest BCUT2D eigenvalue weighted by Gasteiger charge is 2.31. The van der Waals surface area contributed by atoms with Crippen molar-refractivity contribution in [1.82, 2.24) is 14.9 Å². The second-order valence-corrected chi connectivity index (χ2v) is 6.05. The fourth-order valence-electron chi connectivity index (χ4n) is 1.90. The van der Waals surface area contributed by atoms with Crippen LogP contribution in [0, 0.1) is 0 Å². The van der Waals surface area contributed by atoms with Gasteiger partial charge in [-0.1, -0.05) is 30.0 Å². The van der Waals surface area contributed by atoms with E-state index in [1.165, 1.54) is 11.8 Å². The molecule has 4 nitrogen and oxygen atoms in total. The quantitative estimate of drug-likeness (QED) is 0.644. The number of amides is 1. The van der Waals surface area contributed by atoms with E-state index >= 15 is 0 Å². The summed E-state index contributed by atoms with van der Waals surface area (Å²) in [5.41, 5.74) is 1.75. The molecule has 1 saturated heterocycles. The molecule has 1 aliphatic rings. The van der Waals surface area contributed by atoms with Crippen molar-refractivity contribution >= 4 is 40.3 Å². The average molecular weight is 313 g/mol. The number of pyridine rings is 2. The number of thioether (sulfide) groups is 1. The van der Waals surface area contributed by atoms with Crippen LogP contribution in [0.2, 0.25) is 0 Å². The van der Waals surface area contributed by atoms with E-state index < -0.39 is 0 Å². The Morgan fingerprint density at radius 1 is 1.19 bits per heavy atom. The van der Waals surface area contributed by atoms with Crippen molar-refractivity contribution < 1.29 is 4.79 Å². The third-order valence-electron chi connectivity index (χ3n) is 2.93. The highest BCUT2D eigenvalue weighted by Crippen LogP contribution is 2.33. The maximum Gasteiger partial charge on any atom is 0.266 e. The van der Waals surface area contributed by atoms with E-state index in [0.717, 1.165) is 11.3 Å². The molecule has 21 heavy (non-hydrogen) atoms. The molecular weight excluding hydrogens is 302 g/mol. The lowest BCUT2D eigenvalue weighted by molar-refractivity contribution is -0.122. The number of aromatic nitrogens is 2. The zero-order valence-electron chi connectivity index (χ0n) is 11.0.